The summed E-state index contributed by atoms with van der Waals surface area (Å²) in [6.07, 6.45) is 4.27. The van der Waals surface area contributed by atoms with Gasteiger partial charge in [-0.2, -0.15) is 0 Å². The molecule has 1 unspecified atom stereocenters. The van der Waals surface area contributed by atoms with Crippen molar-refractivity contribution in [2.24, 2.45) is 0 Å². The minimum atomic E-state index is 0.0168. The number of rotatable bonds is 5. The molecular formula is C15H20BrNO3. The van der Waals surface area contributed by atoms with Crippen molar-refractivity contribution in [3.8, 4) is 11.5 Å². The Bertz CT molecular complexity index is 478. The highest BCUT2D eigenvalue weighted by Crippen LogP contribution is 2.34. The van der Waals surface area contributed by atoms with E-state index in [4.69, 9.17) is 9.47 Å². The third-order valence-corrected chi connectivity index (χ3v) is 4.37. The van der Waals surface area contributed by atoms with Crippen molar-refractivity contribution in [2.75, 3.05) is 20.8 Å². The molecular weight excluding hydrogens is 322 g/mol. The summed E-state index contributed by atoms with van der Waals surface area (Å²) in [6.45, 7) is 1.65. The molecule has 1 atom stereocenters. The Morgan fingerprint density at radius 3 is 2.70 bits per heavy atom. The first-order chi connectivity index (χ1) is 9.69. The Kier molecular flexibility index (Phi) is 5.43. The molecule has 1 aromatic carbocycles. The molecule has 1 fully saturated rings. The maximum absolute atomic E-state index is 11.2. The predicted molar refractivity (Wildman–Crippen MR) is 81.4 cm³/mol. The fraction of sp³-hybridized carbons (Fsp3) is 0.533. The molecule has 0 radical (unpaired) electrons. The summed E-state index contributed by atoms with van der Waals surface area (Å²) in [4.78, 5) is 13.4. The van der Waals surface area contributed by atoms with Crippen LogP contribution in [-0.4, -0.2) is 38.0 Å². The lowest BCUT2D eigenvalue weighted by molar-refractivity contribution is -0.113. The molecule has 1 aliphatic rings. The summed E-state index contributed by atoms with van der Waals surface area (Å²) in [5, 5.41) is 0. The van der Waals surface area contributed by atoms with Gasteiger partial charge in [0.2, 0.25) is 0 Å². The van der Waals surface area contributed by atoms with Crippen LogP contribution in [0.4, 0.5) is 0 Å². The van der Waals surface area contributed by atoms with Gasteiger partial charge in [-0.1, -0.05) is 6.42 Å². The van der Waals surface area contributed by atoms with Crippen LogP contribution in [0.2, 0.25) is 0 Å². The largest absolute Gasteiger partial charge is 0.496 e. The number of piperidine rings is 1. The van der Waals surface area contributed by atoms with Crippen molar-refractivity contribution in [1.29, 1.82) is 0 Å². The van der Waals surface area contributed by atoms with E-state index < -0.39 is 0 Å². The number of nitrogens with zero attached hydrogens (tertiary/aromatic N) is 1. The molecule has 2 rings (SSSR count). The molecule has 1 aliphatic heterocycles. The summed E-state index contributed by atoms with van der Waals surface area (Å²) in [7, 11) is 3.30. The van der Waals surface area contributed by atoms with Crippen LogP contribution in [0.25, 0.3) is 0 Å². The van der Waals surface area contributed by atoms with Gasteiger partial charge in [-0.05, 0) is 47.4 Å². The second-order valence-electron chi connectivity index (χ2n) is 4.97. The first-order valence-electron chi connectivity index (χ1n) is 6.79. The smallest absolute Gasteiger partial charge is 0.137 e. The Morgan fingerprint density at radius 1 is 1.30 bits per heavy atom. The number of hydrogen-bond acceptors (Lipinski definition) is 4. The number of aldehydes is 1. The topological polar surface area (TPSA) is 38.8 Å². The molecule has 4 nitrogen and oxygen atoms in total. The van der Waals surface area contributed by atoms with Gasteiger partial charge in [0.1, 0.15) is 17.8 Å². The van der Waals surface area contributed by atoms with Crippen molar-refractivity contribution in [1.82, 2.24) is 4.90 Å². The maximum atomic E-state index is 11.2. The molecule has 1 saturated heterocycles. The standard InChI is InChI=1S/C15H20BrNO3/c1-19-14-8-13(16)15(20-2)7-11(14)9-17-6-4-3-5-12(17)10-18/h7-8,10,12H,3-6,9H2,1-2H3. The number of halogens is 1. The number of hydrogen-bond donors (Lipinski definition) is 0. The normalized spacial score (nSPS) is 19.6. The average molecular weight is 342 g/mol. The van der Waals surface area contributed by atoms with Gasteiger partial charge in [0.15, 0.2) is 0 Å². The second-order valence-corrected chi connectivity index (χ2v) is 5.82. The van der Waals surface area contributed by atoms with Crippen LogP contribution < -0.4 is 9.47 Å². The van der Waals surface area contributed by atoms with Gasteiger partial charge in [0.25, 0.3) is 0 Å². The quantitative estimate of drug-likeness (QED) is 0.771. The molecule has 5 heteroatoms. The van der Waals surface area contributed by atoms with Crippen LogP contribution in [0, 0.1) is 0 Å². The molecule has 1 heterocycles. The van der Waals surface area contributed by atoms with Crippen LogP contribution in [0.3, 0.4) is 0 Å². The average Bonchev–Trinajstić information content (AvgIpc) is 2.49. The predicted octanol–water partition coefficient (Wildman–Crippen LogP) is 3.02. The van der Waals surface area contributed by atoms with Crippen molar-refractivity contribution in [3.63, 3.8) is 0 Å². The van der Waals surface area contributed by atoms with Gasteiger partial charge in [0.05, 0.1) is 24.7 Å². The van der Waals surface area contributed by atoms with Crippen molar-refractivity contribution in [2.45, 2.75) is 31.8 Å². The highest BCUT2D eigenvalue weighted by atomic mass is 79.9. The van der Waals surface area contributed by atoms with Gasteiger partial charge in [-0.25, -0.2) is 0 Å². The van der Waals surface area contributed by atoms with E-state index in [2.05, 4.69) is 20.8 Å². The zero-order chi connectivity index (χ0) is 14.5. The first-order valence-corrected chi connectivity index (χ1v) is 7.58. The third-order valence-electron chi connectivity index (χ3n) is 3.75. The van der Waals surface area contributed by atoms with Crippen LogP contribution in [0.5, 0.6) is 11.5 Å². The van der Waals surface area contributed by atoms with E-state index >= 15 is 0 Å². The zero-order valence-corrected chi connectivity index (χ0v) is 13.5. The van der Waals surface area contributed by atoms with E-state index in [0.29, 0.717) is 6.54 Å². The van der Waals surface area contributed by atoms with E-state index in [1.54, 1.807) is 14.2 Å². The van der Waals surface area contributed by atoms with E-state index in [-0.39, 0.29) is 6.04 Å². The molecule has 0 amide bonds. The Labute approximate surface area is 128 Å². The number of carbonyl (C=O) groups excluding carboxylic acids is 1. The highest BCUT2D eigenvalue weighted by Gasteiger charge is 2.23. The van der Waals surface area contributed by atoms with Gasteiger partial charge in [-0.15, -0.1) is 0 Å². The lowest BCUT2D eigenvalue weighted by atomic mass is 10.0. The van der Waals surface area contributed by atoms with E-state index in [1.165, 1.54) is 0 Å². The minimum Gasteiger partial charge on any atom is -0.496 e. The fourth-order valence-corrected chi connectivity index (χ4v) is 3.12. The first kappa shape index (κ1) is 15.3. The SMILES string of the molecule is COc1cc(CN2CCCCC2C=O)c(OC)cc1Br. The van der Waals surface area contributed by atoms with Gasteiger partial charge in [0, 0.05) is 12.1 Å². The van der Waals surface area contributed by atoms with E-state index in [9.17, 15) is 4.79 Å². The van der Waals surface area contributed by atoms with Crippen LogP contribution in [0.1, 0.15) is 24.8 Å². The summed E-state index contributed by atoms with van der Waals surface area (Å²) in [5.41, 5.74) is 1.04. The molecule has 110 valence electrons. The van der Waals surface area contributed by atoms with Gasteiger partial charge >= 0.3 is 0 Å². The van der Waals surface area contributed by atoms with E-state index in [1.807, 2.05) is 12.1 Å². The molecule has 0 N–H and O–H groups in total. The highest BCUT2D eigenvalue weighted by molar-refractivity contribution is 9.10. The van der Waals surface area contributed by atoms with Gasteiger partial charge < -0.3 is 14.3 Å². The van der Waals surface area contributed by atoms with Gasteiger partial charge in [-0.3, -0.25) is 4.90 Å². The lowest BCUT2D eigenvalue weighted by Crippen LogP contribution is -2.39. The van der Waals surface area contributed by atoms with Crippen molar-refractivity contribution in [3.05, 3.63) is 22.2 Å². The number of benzene rings is 1. The molecule has 20 heavy (non-hydrogen) atoms. The molecule has 0 bridgehead atoms. The number of likely N-dealkylation sites (tertiary alicyclic amines) is 1. The Balaban J connectivity index is 2.24. The Morgan fingerprint density at radius 2 is 2.05 bits per heavy atom. The second kappa shape index (κ2) is 7.09. The summed E-state index contributed by atoms with van der Waals surface area (Å²) in [6, 6.07) is 3.90. The van der Waals surface area contributed by atoms with Crippen molar-refractivity contribution >= 4 is 22.2 Å². The maximum Gasteiger partial charge on any atom is 0.137 e. The minimum absolute atomic E-state index is 0.0168. The summed E-state index contributed by atoms with van der Waals surface area (Å²) in [5.74, 6) is 1.59. The zero-order valence-electron chi connectivity index (χ0n) is 11.9. The van der Waals surface area contributed by atoms with Crippen LogP contribution in [-0.2, 0) is 11.3 Å². The third kappa shape index (κ3) is 3.33. The van der Waals surface area contributed by atoms with Crippen LogP contribution >= 0.6 is 15.9 Å². The van der Waals surface area contributed by atoms with Crippen LogP contribution in [0.15, 0.2) is 16.6 Å². The number of carbonyl (C=O) groups is 1. The molecule has 0 aliphatic carbocycles. The molecule has 1 aromatic rings. The van der Waals surface area contributed by atoms with Crippen molar-refractivity contribution < 1.29 is 14.3 Å². The molecule has 0 saturated carbocycles. The summed E-state index contributed by atoms with van der Waals surface area (Å²) >= 11 is 3.46. The fourth-order valence-electron chi connectivity index (χ4n) is 2.63. The van der Waals surface area contributed by atoms with E-state index in [0.717, 1.165) is 53.6 Å². The molecule has 0 spiro atoms. The molecule has 0 aromatic heterocycles. The lowest BCUT2D eigenvalue weighted by Gasteiger charge is -2.32. The Hall–Kier alpha value is -1.07. The summed E-state index contributed by atoms with van der Waals surface area (Å²) < 4.78 is 11.6. The number of ether oxygens (including phenoxy) is 2. The monoisotopic (exact) mass is 341 g/mol. The number of methoxy groups -OCH3 is 2.